The van der Waals surface area contributed by atoms with Crippen molar-refractivity contribution in [1.82, 2.24) is 0 Å². The molecule has 0 aliphatic rings. The zero-order chi connectivity index (χ0) is 12.7. The van der Waals surface area contributed by atoms with Crippen molar-refractivity contribution in [2.75, 3.05) is 20.3 Å². The van der Waals surface area contributed by atoms with Crippen molar-refractivity contribution in [3.63, 3.8) is 0 Å². The summed E-state index contributed by atoms with van der Waals surface area (Å²) in [5.41, 5.74) is -0.0352. The van der Waals surface area contributed by atoms with E-state index in [9.17, 15) is 5.11 Å². The standard InChI is InChI=1S/C14H22O3/c1-4-14(2,11-15)9-10-17-13-7-5-12(16-3)6-8-13/h5-8,15H,4,9-11H2,1-3H3. The van der Waals surface area contributed by atoms with Crippen LogP contribution in [0.5, 0.6) is 11.5 Å². The van der Waals surface area contributed by atoms with E-state index in [1.54, 1.807) is 7.11 Å². The Kier molecular flexibility index (Phi) is 5.29. The summed E-state index contributed by atoms with van der Waals surface area (Å²) in [6.07, 6.45) is 1.81. The molecular formula is C14H22O3. The normalized spacial score (nSPS) is 14.1. The van der Waals surface area contributed by atoms with Crippen LogP contribution in [0.15, 0.2) is 24.3 Å². The summed E-state index contributed by atoms with van der Waals surface area (Å²) in [5.74, 6) is 1.66. The number of rotatable bonds is 7. The minimum Gasteiger partial charge on any atom is -0.497 e. The molecule has 0 saturated heterocycles. The van der Waals surface area contributed by atoms with Gasteiger partial charge >= 0.3 is 0 Å². The van der Waals surface area contributed by atoms with Crippen molar-refractivity contribution in [3.8, 4) is 11.5 Å². The molecule has 1 aromatic carbocycles. The fourth-order valence-corrected chi connectivity index (χ4v) is 1.45. The van der Waals surface area contributed by atoms with Crippen LogP contribution < -0.4 is 9.47 Å². The highest BCUT2D eigenvalue weighted by Crippen LogP contribution is 2.25. The van der Waals surface area contributed by atoms with Crippen LogP contribution in [0.3, 0.4) is 0 Å². The molecule has 3 heteroatoms. The molecule has 3 nitrogen and oxygen atoms in total. The number of aliphatic hydroxyl groups excluding tert-OH is 1. The predicted molar refractivity (Wildman–Crippen MR) is 68.6 cm³/mol. The first-order valence-electron chi connectivity index (χ1n) is 6.01. The van der Waals surface area contributed by atoms with Gasteiger partial charge in [-0.15, -0.1) is 0 Å². The second-order valence-corrected chi connectivity index (χ2v) is 4.60. The highest BCUT2D eigenvalue weighted by atomic mass is 16.5. The lowest BCUT2D eigenvalue weighted by molar-refractivity contribution is 0.108. The average molecular weight is 238 g/mol. The summed E-state index contributed by atoms with van der Waals surface area (Å²) in [6.45, 7) is 4.99. The van der Waals surface area contributed by atoms with Crippen molar-refractivity contribution in [3.05, 3.63) is 24.3 Å². The summed E-state index contributed by atoms with van der Waals surface area (Å²) in [6, 6.07) is 7.53. The van der Waals surface area contributed by atoms with Crippen LogP contribution in [0.25, 0.3) is 0 Å². The van der Waals surface area contributed by atoms with Crippen LogP contribution in [-0.4, -0.2) is 25.4 Å². The molecule has 1 unspecified atom stereocenters. The molecule has 0 heterocycles. The summed E-state index contributed by atoms with van der Waals surface area (Å²) >= 11 is 0. The van der Waals surface area contributed by atoms with E-state index in [2.05, 4.69) is 13.8 Å². The Bertz CT molecular complexity index is 315. The summed E-state index contributed by atoms with van der Waals surface area (Å²) in [4.78, 5) is 0. The number of hydrogen-bond donors (Lipinski definition) is 1. The topological polar surface area (TPSA) is 38.7 Å². The van der Waals surface area contributed by atoms with Gasteiger partial charge < -0.3 is 14.6 Å². The van der Waals surface area contributed by atoms with Crippen LogP contribution in [0.2, 0.25) is 0 Å². The van der Waals surface area contributed by atoms with E-state index < -0.39 is 0 Å². The largest absolute Gasteiger partial charge is 0.497 e. The maximum absolute atomic E-state index is 9.28. The van der Waals surface area contributed by atoms with Gasteiger partial charge in [-0.2, -0.15) is 0 Å². The van der Waals surface area contributed by atoms with Crippen molar-refractivity contribution < 1.29 is 14.6 Å². The molecule has 0 amide bonds. The lowest BCUT2D eigenvalue weighted by Crippen LogP contribution is -2.23. The SMILES string of the molecule is CCC(C)(CO)CCOc1ccc(OC)cc1. The van der Waals surface area contributed by atoms with Crippen LogP contribution in [-0.2, 0) is 0 Å². The first-order chi connectivity index (χ1) is 8.13. The van der Waals surface area contributed by atoms with Crippen LogP contribution in [0.4, 0.5) is 0 Å². The van der Waals surface area contributed by atoms with Crippen LogP contribution in [0, 0.1) is 5.41 Å². The quantitative estimate of drug-likeness (QED) is 0.794. The van der Waals surface area contributed by atoms with E-state index in [0.29, 0.717) is 6.61 Å². The summed E-state index contributed by atoms with van der Waals surface area (Å²) in [5, 5.41) is 9.28. The summed E-state index contributed by atoms with van der Waals surface area (Å²) < 4.78 is 10.7. The van der Waals surface area contributed by atoms with Gasteiger partial charge in [0.1, 0.15) is 11.5 Å². The molecular weight excluding hydrogens is 216 g/mol. The molecule has 96 valence electrons. The van der Waals surface area contributed by atoms with Crippen LogP contribution >= 0.6 is 0 Å². The van der Waals surface area contributed by atoms with Gasteiger partial charge in [0, 0.05) is 6.61 Å². The number of ether oxygens (including phenoxy) is 2. The predicted octanol–water partition coefficient (Wildman–Crippen LogP) is 2.87. The highest BCUT2D eigenvalue weighted by Gasteiger charge is 2.20. The van der Waals surface area contributed by atoms with Crippen molar-refractivity contribution in [2.45, 2.75) is 26.7 Å². The molecule has 0 bridgehead atoms. The second kappa shape index (κ2) is 6.50. The molecule has 1 N–H and O–H groups in total. The number of methoxy groups -OCH3 is 1. The Morgan fingerprint density at radius 3 is 2.24 bits per heavy atom. The molecule has 0 radical (unpaired) electrons. The summed E-state index contributed by atoms with van der Waals surface area (Å²) in [7, 11) is 1.64. The molecule has 0 aliphatic heterocycles. The minimum atomic E-state index is -0.0352. The van der Waals surface area contributed by atoms with Crippen LogP contribution in [0.1, 0.15) is 26.7 Å². The molecule has 0 saturated carbocycles. The van der Waals surface area contributed by atoms with E-state index in [-0.39, 0.29) is 12.0 Å². The first-order valence-corrected chi connectivity index (χ1v) is 6.01. The van der Waals surface area contributed by atoms with E-state index in [0.717, 1.165) is 24.3 Å². The molecule has 1 atom stereocenters. The Labute approximate surface area is 103 Å². The van der Waals surface area contributed by atoms with Crippen molar-refractivity contribution in [1.29, 1.82) is 0 Å². The van der Waals surface area contributed by atoms with E-state index in [1.165, 1.54) is 0 Å². The first kappa shape index (κ1) is 13.8. The van der Waals surface area contributed by atoms with Gasteiger partial charge in [-0.1, -0.05) is 13.8 Å². The molecule has 0 aliphatic carbocycles. The third-order valence-electron chi connectivity index (χ3n) is 3.27. The second-order valence-electron chi connectivity index (χ2n) is 4.60. The highest BCUT2D eigenvalue weighted by molar-refractivity contribution is 5.31. The molecule has 0 spiro atoms. The monoisotopic (exact) mass is 238 g/mol. The molecule has 0 aromatic heterocycles. The Morgan fingerprint density at radius 2 is 1.76 bits per heavy atom. The molecule has 0 fully saturated rings. The smallest absolute Gasteiger partial charge is 0.119 e. The van der Waals surface area contributed by atoms with Gasteiger partial charge in [0.15, 0.2) is 0 Å². The number of aliphatic hydroxyl groups is 1. The number of hydrogen-bond acceptors (Lipinski definition) is 3. The van der Waals surface area contributed by atoms with E-state index in [4.69, 9.17) is 9.47 Å². The maximum atomic E-state index is 9.28. The Balaban J connectivity index is 2.40. The van der Waals surface area contributed by atoms with Gasteiger partial charge in [0.2, 0.25) is 0 Å². The third kappa shape index (κ3) is 4.27. The van der Waals surface area contributed by atoms with Gasteiger partial charge in [0.25, 0.3) is 0 Å². The van der Waals surface area contributed by atoms with Gasteiger partial charge in [0.05, 0.1) is 13.7 Å². The Morgan fingerprint density at radius 1 is 1.18 bits per heavy atom. The third-order valence-corrected chi connectivity index (χ3v) is 3.27. The van der Waals surface area contributed by atoms with E-state index >= 15 is 0 Å². The minimum absolute atomic E-state index is 0.0352. The lowest BCUT2D eigenvalue weighted by atomic mass is 9.85. The lowest BCUT2D eigenvalue weighted by Gasteiger charge is -2.25. The van der Waals surface area contributed by atoms with Crippen molar-refractivity contribution >= 4 is 0 Å². The molecule has 1 aromatic rings. The fourth-order valence-electron chi connectivity index (χ4n) is 1.45. The number of benzene rings is 1. The zero-order valence-corrected chi connectivity index (χ0v) is 10.9. The average Bonchev–Trinajstić information content (AvgIpc) is 2.39. The van der Waals surface area contributed by atoms with Gasteiger partial charge in [-0.05, 0) is 42.5 Å². The van der Waals surface area contributed by atoms with Gasteiger partial charge in [-0.25, -0.2) is 0 Å². The fraction of sp³-hybridized carbons (Fsp3) is 0.571. The maximum Gasteiger partial charge on any atom is 0.119 e. The molecule has 17 heavy (non-hydrogen) atoms. The molecule has 1 rings (SSSR count). The Hall–Kier alpha value is -1.22. The van der Waals surface area contributed by atoms with Crippen molar-refractivity contribution in [2.24, 2.45) is 5.41 Å². The van der Waals surface area contributed by atoms with E-state index in [1.807, 2.05) is 24.3 Å². The van der Waals surface area contributed by atoms with Gasteiger partial charge in [-0.3, -0.25) is 0 Å². The zero-order valence-electron chi connectivity index (χ0n) is 10.9.